The second kappa shape index (κ2) is 8.56. The summed E-state index contributed by atoms with van der Waals surface area (Å²) < 4.78 is 5.53. The summed E-state index contributed by atoms with van der Waals surface area (Å²) in [5, 5.41) is 6.35. The number of alkyl carbamates (subject to hydrolysis) is 1. The largest absolute Gasteiger partial charge is 0.444 e. The Labute approximate surface area is 185 Å². The Hall–Kier alpha value is -2.50. The van der Waals surface area contributed by atoms with Crippen LogP contribution in [-0.2, 0) is 10.3 Å². The van der Waals surface area contributed by atoms with E-state index in [1.165, 1.54) is 25.7 Å². The number of fused-ring (bicyclic) bond motifs is 2. The summed E-state index contributed by atoms with van der Waals surface area (Å²) in [6, 6.07) is 9.94. The summed E-state index contributed by atoms with van der Waals surface area (Å²) in [6.07, 6.45) is 9.54. The molecule has 1 aliphatic heterocycles. The van der Waals surface area contributed by atoms with E-state index in [0.717, 1.165) is 5.56 Å². The average Bonchev–Trinajstić information content (AvgIpc) is 3.15. The SMILES string of the molecule is CC(C)(C)OC(=O)NC1(c2ccccc2)CCN(C(=O)NC2C=CC3CCCC2C3)C1. The van der Waals surface area contributed by atoms with Gasteiger partial charge in [-0.2, -0.15) is 0 Å². The first kappa shape index (κ1) is 21.7. The number of urea groups is 1. The molecule has 4 rings (SSSR count). The van der Waals surface area contributed by atoms with Crippen LogP contribution in [0.3, 0.4) is 0 Å². The van der Waals surface area contributed by atoms with Crippen molar-refractivity contribution < 1.29 is 14.3 Å². The first-order chi connectivity index (χ1) is 14.7. The molecule has 4 unspecified atom stereocenters. The number of allylic oxidation sites excluding steroid dienone is 1. The van der Waals surface area contributed by atoms with Crippen LogP contribution in [0.2, 0.25) is 0 Å². The van der Waals surface area contributed by atoms with Crippen molar-refractivity contribution in [3.8, 4) is 0 Å². The van der Waals surface area contributed by atoms with Crippen molar-refractivity contribution in [3.63, 3.8) is 0 Å². The lowest BCUT2D eigenvalue weighted by Crippen LogP contribution is -2.52. The third-order valence-electron chi connectivity index (χ3n) is 6.77. The molecule has 4 atom stereocenters. The second-order valence-corrected chi connectivity index (χ2v) is 10.3. The van der Waals surface area contributed by atoms with Crippen molar-refractivity contribution in [2.45, 2.75) is 70.1 Å². The first-order valence-electron chi connectivity index (χ1n) is 11.5. The smallest absolute Gasteiger partial charge is 0.408 e. The highest BCUT2D eigenvalue weighted by atomic mass is 16.6. The molecule has 168 valence electrons. The van der Waals surface area contributed by atoms with Crippen molar-refractivity contribution in [2.75, 3.05) is 13.1 Å². The number of benzene rings is 1. The molecule has 2 aliphatic carbocycles. The van der Waals surface area contributed by atoms with Crippen LogP contribution >= 0.6 is 0 Å². The summed E-state index contributed by atoms with van der Waals surface area (Å²) in [6.45, 7) is 6.56. The maximum absolute atomic E-state index is 13.1. The number of likely N-dealkylation sites (tertiary alicyclic amines) is 1. The van der Waals surface area contributed by atoms with Crippen LogP contribution in [0, 0.1) is 11.8 Å². The van der Waals surface area contributed by atoms with Crippen LogP contribution < -0.4 is 10.6 Å². The fraction of sp³-hybridized carbons (Fsp3) is 0.600. The minimum absolute atomic E-state index is 0.0533. The van der Waals surface area contributed by atoms with E-state index >= 15 is 0 Å². The summed E-state index contributed by atoms with van der Waals surface area (Å²) in [7, 11) is 0. The van der Waals surface area contributed by atoms with Crippen molar-refractivity contribution >= 4 is 12.1 Å². The summed E-state index contributed by atoms with van der Waals surface area (Å²) in [5.41, 5.74) is -0.244. The Morgan fingerprint density at radius 2 is 1.90 bits per heavy atom. The number of amides is 3. The molecule has 3 aliphatic rings. The van der Waals surface area contributed by atoms with Gasteiger partial charge in [0.15, 0.2) is 0 Å². The van der Waals surface area contributed by atoms with E-state index in [0.29, 0.717) is 31.3 Å². The number of ether oxygens (including phenoxy) is 1. The van der Waals surface area contributed by atoms with Gasteiger partial charge in [0.2, 0.25) is 0 Å². The van der Waals surface area contributed by atoms with Gasteiger partial charge in [-0.3, -0.25) is 0 Å². The molecular formula is C25H35N3O3. The molecule has 0 aromatic heterocycles. The highest BCUT2D eigenvalue weighted by molar-refractivity contribution is 5.76. The van der Waals surface area contributed by atoms with Crippen molar-refractivity contribution in [1.82, 2.24) is 15.5 Å². The minimum atomic E-state index is -0.654. The molecule has 1 aromatic rings. The van der Waals surface area contributed by atoms with Gasteiger partial charge in [0.25, 0.3) is 0 Å². The van der Waals surface area contributed by atoms with E-state index < -0.39 is 17.2 Å². The molecule has 6 heteroatoms. The summed E-state index contributed by atoms with van der Waals surface area (Å²) in [5.74, 6) is 1.22. The first-order valence-corrected chi connectivity index (χ1v) is 11.5. The van der Waals surface area contributed by atoms with Gasteiger partial charge in [0.05, 0.1) is 11.6 Å². The van der Waals surface area contributed by atoms with Crippen molar-refractivity contribution in [1.29, 1.82) is 0 Å². The molecule has 31 heavy (non-hydrogen) atoms. The molecule has 3 amide bonds. The van der Waals surface area contributed by atoms with Crippen LogP contribution in [0.5, 0.6) is 0 Å². The van der Waals surface area contributed by atoms with Crippen LogP contribution in [-0.4, -0.2) is 41.8 Å². The standard InChI is InChI=1S/C25H35N3O3/c1-24(2,3)31-23(30)27-25(20-10-5-4-6-11-20)14-15-28(17-25)22(29)26-21-13-12-18-8-7-9-19(21)16-18/h4-6,10-13,18-19,21H,7-9,14-17H2,1-3H3,(H,26,29)(H,27,30). The lowest BCUT2D eigenvalue weighted by Gasteiger charge is -2.37. The molecule has 0 spiro atoms. The van der Waals surface area contributed by atoms with Gasteiger partial charge in [0.1, 0.15) is 5.60 Å². The van der Waals surface area contributed by atoms with Crippen LogP contribution in [0.25, 0.3) is 0 Å². The molecule has 1 heterocycles. The lowest BCUT2D eigenvalue weighted by molar-refractivity contribution is 0.0455. The minimum Gasteiger partial charge on any atom is -0.444 e. The number of carbonyl (C=O) groups excluding carboxylic acids is 2. The lowest BCUT2D eigenvalue weighted by atomic mass is 9.74. The Morgan fingerprint density at radius 3 is 2.65 bits per heavy atom. The number of rotatable bonds is 3. The van der Waals surface area contributed by atoms with Crippen molar-refractivity contribution in [2.24, 2.45) is 11.8 Å². The fourth-order valence-corrected chi connectivity index (χ4v) is 5.25. The Bertz CT molecular complexity index is 832. The van der Waals surface area contributed by atoms with Gasteiger partial charge in [-0.25, -0.2) is 9.59 Å². The molecule has 2 N–H and O–H groups in total. The van der Waals surface area contributed by atoms with E-state index in [4.69, 9.17) is 4.74 Å². The third-order valence-corrected chi connectivity index (χ3v) is 6.77. The zero-order valence-corrected chi connectivity index (χ0v) is 18.9. The van der Waals surface area contributed by atoms with E-state index in [2.05, 4.69) is 22.8 Å². The van der Waals surface area contributed by atoms with E-state index in [1.807, 2.05) is 56.0 Å². The molecular weight excluding hydrogens is 390 g/mol. The number of nitrogens with zero attached hydrogens (tertiary/aromatic N) is 1. The fourth-order valence-electron chi connectivity index (χ4n) is 5.25. The predicted molar refractivity (Wildman–Crippen MR) is 121 cm³/mol. The number of hydrogen-bond donors (Lipinski definition) is 2. The van der Waals surface area contributed by atoms with Gasteiger partial charge in [-0.15, -0.1) is 0 Å². The summed E-state index contributed by atoms with van der Waals surface area (Å²) >= 11 is 0. The average molecular weight is 426 g/mol. The van der Waals surface area contributed by atoms with Gasteiger partial charge in [-0.1, -0.05) is 48.9 Å². The highest BCUT2D eigenvalue weighted by Gasteiger charge is 2.44. The Kier molecular flexibility index (Phi) is 6.00. The number of carbonyl (C=O) groups is 2. The molecule has 0 radical (unpaired) electrons. The summed E-state index contributed by atoms with van der Waals surface area (Å²) in [4.78, 5) is 27.6. The number of hydrogen-bond acceptors (Lipinski definition) is 3. The van der Waals surface area contributed by atoms with Gasteiger partial charge in [-0.05, 0) is 63.9 Å². The number of nitrogens with one attached hydrogen (secondary N) is 2. The Balaban J connectivity index is 1.47. The molecule has 1 aromatic carbocycles. The van der Waals surface area contributed by atoms with Crippen molar-refractivity contribution in [3.05, 3.63) is 48.0 Å². The van der Waals surface area contributed by atoms with Crippen LogP contribution in [0.15, 0.2) is 42.5 Å². The monoisotopic (exact) mass is 425 g/mol. The predicted octanol–water partition coefficient (Wildman–Crippen LogP) is 4.57. The molecule has 2 fully saturated rings. The highest BCUT2D eigenvalue weighted by Crippen LogP contribution is 2.37. The quantitative estimate of drug-likeness (QED) is 0.697. The molecule has 6 nitrogen and oxygen atoms in total. The Morgan fingerprint density at radius 1 is 1.13 bits per heavy atom. The maximum Gasteiger partial charge on any atom is 0.408 e. The second-order valence-electron chi connectivity index (χ2n) is 10.3. The van der Waals surface area contributed by atoms with Crippen LogP contribution in [0.4, 0.5) is 9.59 Å². The molecule has 2 bridgehead atoms. The van der Waals surface area contributed by atoms with Gasteiger partial charge < -0.3 is 20.3 Å². The zero-order valence-electron chi connectivity index (χ0n) is 18.9. The van der Waals surface area contributed by atoms with Gasteiger partial charge >= 0.3 is 12.1 Å². The van der Waals surface area contributed by atoms with E-state index in [-0.39, 0.29) is 12.1 Å². The topological polar surface area (TPSA) is 70.7 Å². The third kappa shape index (κ3) is 5.05. The zero-order chi connectivity index (χ0) is 22.1. The molecule has 1 saturated carbocycles. The van der Waals surface area contributed by atoms with Crippen LogP contribution in [0.1, 0.15) is 58.4 Å². The normalized spacial score (nSPS) is 30.0. The maximum atomic E-state index is 13.1. The van der Waals surface area contributed by atoms with Gasteiger partial charge in [0, 0.05) is 13.1 Å². The molecule has 1 saturated heterocycles. The van der Waals surface area contributed by atoms with E-state index in [1.54, 1.807) is 0 Å². The van der Waals surface area contributed by atoms with E-state index in [9.17, 15) is 9.59 Å².